The highest BCUT2D eigenvalue weighted by atomic mass is 79.9. The van der Waals surface area contributed by atoms with Crippen molar-refractivity contribution in [3.63, 3.8) is 0 Å². The lowest BCUT2D eigenvalue weighted by atomic mass is 10.0. The van der Waals surface area contributed by atoms with Gasteiger partial charge in [0.1, 0.15) is 5.82 Å². The van der Waals surface area contributed by atoms with Crippen molar-refractivity contribution < 1.29 is 8.81 Å². The Morgan fingerprint density at radius 2 is 2.05 bits per heavy atom. The lowest BCUT2D eigenvalue weighted by Crippen LogP contribution is -1.97. The summed E-state index contributed by atoms with van der Waals surface area (Å²) in [5.41, 5.74) is 2.00. The lowest BCUT2D eigenvalue weighted by molar-refractivity contribution is 0.555. The van der Waals surface area contributed by atoms with Crippen LogP contribution in [-0.2, 0) is 0 Å². The van der Waals surface area contributed by atoms with E-state index < -0.39 is 17.0 Å². The average Bonchev–Trinajstić information content (AvgIpc) is 2.77. The van der Waals surface area contributed by atoms with Crippen molar-refractivity contribution in [3.8, 4) is 0 Å². The summed E-state index contributed by atoms with van der Waals surface area (Å²) in [6, 6.07) is 9.75. The number of hydrogen-bond donors (Lipinski definition) is 1. The molecule has 3 aromatic rings. The molecule has 0 aliphatic carbocycles. The lowest BCUT2D eigenvalue weighted by Gasteiger charge is -2.11. The van der Waals surface area contributed by atoms with Gasteiger partial charge in [-0.15, -0.1) is 11.6 Å². The molecular formula is C14H8BrClFNO2. The van der Waals surface area contributed by atoms with Crippen LogP contribution in [0.2, 0.25) is 0 Å². The predicted octanol–water partition coefficient (Wildman–Crippen LogP) is 4.35. The van der Waals surface area contributed by atoms with E-state index in [2.05, 4.69) is 20.9 Å². The maximum atomic E-state index is 13.9. The number of benzene rings is 2. The number of fused-ring (bicyclic) bond motifs is 1. The minimum Gasteiger partial charge on any atom is -0.408 e. The Morgan fingerprint density at radius 1 is 1.25 bits per heavy atom. The molecule has 0 spiro atoms. The van der Waals surface area contributed by atoms with Gasteiger partial charge in [0.05, 0.1) is 10.9 Å². The molecule has 3 nitrogen and oxygen atoms in total. The quantitative estimate of drug-likeness (QED) is 0.694. The highest BCUT2D eigenvalue weighted by Crippen LogP contribution is 2.32. The van der Waals surface area contributed by atoms with Crippen LogP contribution in [0.4, 0.5) is 4.39 Å². The number of H-pyrrole nitrogens is 1. The molecule has 2 aromatic carbocycles. The normalized spacial score (nSPS) is 12.8. The molecule has 0 aliphatic heterocycles. The third-order valence-corrected chi connectivity index (χ3v) is 3.95. The zero-order valence-corrected chi connectivity index (χ0v) is 12.3. The molecule has 0 fully saturated rings. The molecule has 20 heavy (non-hydrogen) atoms. The fraction of sp³-hybridized carbons (Fsp3) is 0.0714. The third-order valence-electron chi connectivity index (χ3n) is 2.97. The number of aromatic nitrogens is 1. The molecule has 1 atom stereocenters. The average molecular weight is 357 g/mol. The van der Waals surface area contributed by atoms with Gasteiger partial charge in [-0.1, -0.05) is 28.1 Å². The van der Waals surface area contributed by atoms with E-state index in [0.29, 0.717) is 26.7 Å². The summed E-state index contributed by atoms with van der Waals surface area (Å²) < 4.78 is 19.5. The number of aromatic amines is 1. The molecular weight excluding hydrogens is 349 g/mol. The second-order valence-electron chi connectivity index (χ2n) is 4.30. The summed E-state index contributed by atoms with van der Waals surface area (Å²) in [5, 5.41) is -0.660. The summed E-state index contributed by atoms with van der Waals surface area (Å²) >= 11 is 9.51. The Morgan fingerprint density at radius 3 is 2.80 bits per heavy atom. The first-order valence-electron chi connectivity index (χ1n) is 5.76. The largest absolute Gasteiger partial charge is 0.417 e. The SMILES string of the molecule is O=c1[nH]c2ccc(C(Cl)c3ccc(Br)cc3F)cc2o1. The van der Waals surface area contributed by atoms with Crippen LogP contribution in [0.25, 0.3) is 11.1 Å². The number of halogens is 3. The van der Waals surface area contributed by atoms with Crippen LogP contribution in [0, 0.1) is 5.82 Å². The van der Waals surface area contributed by atoms with Crippen LogP contribution in [-0.4, -0.2) is 4.98 Å². The van der Waals surface area contributed by atoms with E-state index in [1.54, 1.807) is 30.3 Å². The topological polar surface area (TPSA) is 46.0 Å². The van der Waals surface area contributed by atoms with Crippen molar-refractivity contribution in [2.24, 2.45) is 0 Å². The van der Waals surface area contributed by atoms with Gasteiger partial charge in [0.15, 0.2) is 5.58 Å². The number of hydrogen-bond acceptors (Lipinski definition) is 2. The molecule has 1 unspecified atom stereocenters. The van der Waals surface area contributed by atoms with Crippen molar-refractivity contribution in [1.82, 2.24) is 4.98 Å². The van der Waals surface area contributed by atoms with Crippen molar-refractivity contribution >= 4 is 38.6 Å². The molecule has 6 heteroatoms. The van der Waals surface area contributed by atoms with E-state index in [1.807, 2.05) is 0 Å². The van der Waals surface area contributed by atoms with E-state index in [9.17, 15) is 9.18 Å². The van der Waals surface area contributed by atoms with Crippen LogP contribution in [0.3, 0.4) is 0 Å². The van der Waals surface area contributed by atoms with Crippen molar-refractivity contribution in [3.05, 3.63) is 68.4 Å². The Bertz CT molecular complexity index is 843. The molecule has 1 N–H and O–H groups in total. The van der Waals surface area contributed by atoms with Crippen LogP contribution in [0.1, 0.15) is 16.5 Å². The first kappa shape index (κ1) is 13.4. The van der Waals surface area contributed by atoms with Gasteiger partial charge in [0.25, 0.3) is 0 Å². The summed E-state index contributed by atoms with van der Waals surface area (Å²) in [6.45, 7) is 0. The van der Waals surface area contributed by atoms with E-state index in [-0.39, 0.29) is 0 Å². The van der Waals surface area contributed by atoms with Crippen LogP contribution >= 0.6 is 27.5 Å². The molecule has 0 saturated carbocycles. The fourth-order valence-electron chi connectivity index (χ4n) is 2.01. The maximum Gasteiger partial charge on any atom is 0.417 e. The van der Waals surface area contributed by atoms with Gasteiger partial charge in [-0.2, -0.15) is 0 Å². The third kappa shape index (κ3) is 2.39. The number of nitrogens with one attached hydrogen (secondary N) is 1. The van der Waals surface area contributed by atoms with Gasteiger partial charge in [-0.3, -0.25) is 4.98 Å². The Labute approximate surface area is 126 Å². The van der Waals surface area contributed by atoms with Crippen LogP contribution in [0.5, 0.6) is 0 Å². The van der Waals surface area contributed by atoms with Crippen LogP contribution < -0.4 is 5.76 Å². The number of oxazole rings is 1. The zero-order chi connectivity index (χ0) is 14.3. The van der Waals surface area contributed by atoms with Gasteiger partial charge in [-0.25, -0.2) is 9.18 Å². The molecule has 102 valence electrons. The molecule has 0 amide bonds. The van der Waals surface area contributed by atoms with Crippen molar-refractivity contribution in [2.75, 3.05) is 0 Å². The number of alkyl halides is 1. The number of rotatable bonds is 2. The smallest absolute Gasteiger partial charge is 0.408 e. The Kier molecular flexibility index (Phi) is 3.40. The maximum absolute atomic E-state index is 13.9. The van der Waals surface area contributed by atoms with Gasteiger partial charge in [0.2, 0.25) is 0 Å². The minimum absolute atomic E-state index is 0.368. The first-order chi connectivity index (χ1) is 9.54. The summed E-state index contributed by atoms with van der Waals surface area (Å²) in [6.07, 6.45) is 0. The second kappa shape index (κ2) is 5.07. The summed E-state index contributed by atoms with van der Waals surface area (Å²) in [4.78, 5) is 13.6. The van der Waals surface area contributed by atoms with E-state index >= 15 is 0 Å². The summed E-state index contributed by atoms with van der Waals surface area (Å²) in [5.74, 6) is -0.923. The second-order valence-corrected chi connectivity index (χ2v) is 5.65. The minimum atomic E-state index is -0.660. The molecule has 1 aromatic heterocycles. The predicted molar refractivity (Wildman–Crippen MR) is 78.6 cm³/mol. The Balaban J connectivity index is 2.06. The monoisotopic (exact) mass is 355 g/mol. The molecule has 0 bridgehead atoms. The van der Waals surface area contributed by atoms with E-state index in [0.717, 1.165) is 0 Å². The van der Waals surface area contributed by atoms with Crippen molar-refractivity contribution in [1.29, 1.82) is 0 Å². The van der Waals surface area contributed by atoms with E-state index in [4.69, 9.17) is 16.0 Å². The fourth-order valence-corrected chi connectivity index (χ4v) is 2.65. The Hall–Kier alpha value is -1.59. The highest BCUT2D eigenvalue weighted by molar-refractivity contribution is 9.10. The molecule has 0 aliphatic rings. The van der Waals surface area contributed by atoms with Crippen molar-refractivity contribution in [2.45, 2.75) is 5.38 Å². The zero-order valence-electron chi connectivity index (χ0n) is 9.99. The van der Waals surface area contributed by atoms with Gasteiger partial charge in [-0.05, 0) is 29.8 Å². The van der Waals surface area contributed by atoms with Gasteiger partial charge < -0.3 is 4.42 Å². The molecule has 0 saturated heterocycles. The van der Waals surface area contributed by atoms with Crippen LogP contribution in [0.15, 0.2) is 50.1 Å². The molecule has 1 heterocycles. The first-order valence-corrected chi connectivity index (χ1v) is 6.99. The summed E-state index contributed by atoms with van der Waals surface area (Å²) in [7, 11) is 0. The molecule has 0 radical (unpaired) electrons. The molecule has 3 rings (SSSR count). The standard InChI is InChI=1S/C14H8BrClFNO2/c15-8-2-3-9(10(17)6-8)13(16)7-1-4-11-12(5-7)20-14(19)18-11/h1-6,13H,(H,18,19). The van der Waals surface area contributed by atoms with Gasteiger partial charge in [0, 0.05) is 10.0 Å². The van der Waals surface area contributed by atoms with Gasteiger partial charge >= 0.3 is 5.76 Å². The highest BCUT2D eigenvalue weighted by Gasteiger charge is 2.16. The van der Waals surface area contributed by atoms with E-state index in [1.165, 1.54) is 6.07 Å².